The van der Waals surface area contributed by atoms with Crippen LogP contribution in [0.3, 0.4) is 0 Å². The number of carbonyl (C=O) groups is 3. The van der Waals surface area contributed by atoms with E-state index >= 15 is 0 Å². The zero-order valence-electron chi connectivity index (χ0n) is 23.6. The van der Waals surface area contributed by atoms with Crippen LogP contribution in [0.5, 0.6) is 0 Å². The average molecular weight is 597 g/mol. The van der Waals surface area contributed by atoms with E-state index < -0.39 is 0 Å². The molecule has 0 spiro atoms. The van der Waals surface area contributed by atoms with Gasteiger partial charge in [-0.15, -0.1) is 0 Å². The van der Waals surface area contributed by atoms with Crippen molar-refractivity contribution in [2.45, 2.75) is 45.1 Å². The minimum Gasteiger partial charge on any atom is -0.343 e. The number of nitrogens with zero attached hydrogens (tertiary/aromatic N) is 5. The molecule has 0 N–H and O–H groups in total. The maximum atomic E-state index is 13.7. The summed E-state index contributed by atoms with van der Waals surface area (Å²) in [5.74, 6) is -0.155. The standard InChI is InChI=1S/C31H35Cl2N5O3/c1-20-10-17-38(34-20)25-7-4-22(5-8-25)30(40)35(3)29-13-16-37(19-26(29)24-6-9-27(32)28(33)18-24)31(41)23-11-14-36(15-12-23)21(2)39/h4-10,17-18,23,26,29H,11-16,19H2,1-3H3. The fraction of sp³-hybridized carbons (Fsp3) is 0.419. The zero-order chi connectivity index (χ0) is 29.3. The van der Waals surface area contributed by atoms with Gasteiger partial charge in [0.1, 0.15) is 0 Å². The van der Waals surface area contributed by atoms with Crippen LogP contribution in [0.15, 0.2) is 54.7 Å². The van der Waals surface area contributed by atoms with Gasteiger partial charge in [0.15, 0.2) is 0 Å². The van der Waals surface area contributed by atoms with Crippen molar-refractivity contribution in [1.29, 1.82) is 0 Å². The molecular formula is C31H35Cl2N5O3. The lowest BCUT2D eigenvalue weighted by atomic mass is 9.83. The number of hydrogen-bond acceptors (Lipinski definition) is 4. The highest BCUT2D eigenvalue weighted by molar-refractivity contribution is 6.42. The maximum absolute atomic E-state index is 13.7. The van der Waals surface area contributed by atoms with E-state index in [-0.39, 0.29) is 35.6 Å². The number of rotatable bonds is 5. The molecule has 2 saturated heterocycles. The van der Waals surface area contributed by atoms with Gasteiger partial charge >= 0.3 is 0 Å². The van der Waals surface area contributed by atoms with Gasteiger partial charge in [0.05, 0.1) is 21.4 Å². The fourth-order valence-electron chi connectivity index (χ4n) is 6.04. The number of piperidine rings is 2. The third-order valence-corrected chi connectivity index (χ3v) is 9.21. The summed E-state index contributed by atoms with van der Waals surface area (Å²) in [7, 11) is 1.83. The summed E-state index contributed by atoms with van der Waals surface area (Å²) in [4.78, 5) is 44.6. The van der Waals surface area contributed by atoms with E-state index in [1.165, 1.54) is 0 Å². The molecule has 0 aliphatic carbocycles. The number of carbonyl (C=O) groups excluding carboxylic acids is 3. The maximum Gasteiger partial charge on any atom is 0.253 e. The first kappa shape index (κ1) is 29.1. The summed E-state index contributed by atoms with van der Waals surface area (Å²) in [5.41, 5.74) is 3.33. The number of aromatic nitrogens is 2. The topological polar surface area (TPSA) is 78.8 Å². The Morgan fingerprint density at radius 3 is 2.20 bits per heavy atom. The molecule has 0 saturated carbocycles. The van der Waals surface area contributed by atoms with Crippen LogP contribution in [-0.4, -0.2) is 81.5 Å². The summed E-state index contributed by atoms with van der Waals surface area (Å²) < 4.78 is 1.78. The molecule has 3 aromatic rings. The molecule has 1 aromatic heterocycles. The van der Waals surface area contributed by atoms with E-state index in [9.17, 15) is 14.4 Å². The molecule has 2 unspecified atom stereocenters. The quantitative estimate of drug-likeness (QED) is 0.406. The Morgan fingerprint density at radius 2 is 1.59 bits per heavy atom. The molecule has 2 aromatic carbocycles. The van der Waals surface area contributed by atoms with Crippen LogP contribution >= 0.6 is 23.2 Å². The van der Waals surface area contributed by atoms with E-state index in [1.807, 2.05) is 67.5 Å². The van der Waals surface area contributed by atoms with Gasteiger partial charge in [0.2, 0.25) is 11.8 Å². The minimum atomic E-state index is -0.142. The van der Waals surface area contributed by atoms with Crippen molar-refractivity contribution in [1.82, 2.24) is 24.5 Å². The number of likely N-dealkylation sites (tertiary alicyclic amines) is 2. The van der Waals surface area contributed by atoms with Crippen molar-refractivity contribution in [3.63, 3.8) is 0 Å². The molecule has 5 rings (SSSR count). The zero-order valence-corrected chi connectivity index (χ0v) is 25.1. The molecule has 3 amide bonds. The lowest BCUT2D eigenvalue weighted by molar-refractivity contribution is -0.141. The summed E-state index contributed by atoms with van der Waals surface area (Å²) in [6.07, 6.45) is 3.86. The lowest BCUT2D eigenvalue weighted by Gasteiger charge is -2.44. The highest BCUT2D eigenvalue weighted by Gasteiger charge is 2.39. The number of benzene rings is 2. The van der Waals surface area contributed by atoms with Gasteiger partial charge in [0, 0.05) is 69.8 Å². The summed E-state index contributed by atoms with van der Waals surface area (Å²) in [6.45, 7) is 5.75. The van der Waals surface area contributed by atoms with E-state index in [1.54, 1.807) is 27.5 Å². The van der Waals surface area contributed by atoms with E-state index in [4.69, 9.17) is 23.2 Å². The first-order chi connectivity index (χ1) is 19.6. The van der Waals surface area contributed by atoms with Gasteiger partial charge in [-0.2, -0.15) is 5.10 Å². The van der Waals surface area contributed by atoms with Gasteiger partial charge in [-0.1, -0.05) is 29.3 Å². The number of likely N-dealkylation sites (N-methyl/N-ethyl adjacent to an activating group) is 1. The second-order valence-corrected chi connectivity index (χ2v) is 11.9. The van der Waals surface area contributed by atoms with Crippen LogP contribution in [0.2, 0.25) is 10.0 Å². The van der Waals surface area contributed by atoms with E-state index in [2.05, 4.69) is 5.10 Å². The van der Waals surface area contributed by atoms with Crippen molar-refractivity contribution in [3.8, 4) is 5.69 Å². The molecule has 0 radical (unpaired) electrons. The first-order valence-corrected chi connectivity index (χ1v) is 14.8. The highest BCUT2D eigenvalue weighted by Crippen LogP contribution is 2.35. The Bertz CT molecular complexity index is 1430. The Hall–Kier alpha value is -3.36. The van der Waals surface area contributed by atoms with Crippen LogP contribution in [-0.2, 0) is 9.59 Å². The van der Waals surface area contributed by atoms with Crippen LogP contribution in [0, 0.1) is 12.8 Å². The lowest BCUT2D eigenvalue weighted by Crippen LogP contribution is -2.53. The van der Waals surface area contributed by atoms with Crippen molar-refractivity contribution >= 4 is 40.9 Å². The van der Waals surface area contributed by atoms with Gasteiger partial charge in [-0.25, -0.2) is 4.68 Å². The predicted octanol–water partition coefficient (Wildman–Crippen LogP) is 5.20. The Balaban J connectivity index is 1.34. The van der Waals surface area contributed by atoms with Crippen LogP contribution in [0.4, 0.5) is 0 Å². The second kappa shape index (κ2) is 12.2. The molecule has 3 heterocycles. The molecule has 0 bridgehead atoms. The van der Waals surface area contributed by atoms with E-state index in [0.717, 1.165) is 16.9 Å². The number of amides is 3. The van der Waals surface area contributed by atoms with Gasteiger partial charge < -0.3 is 14.7 Å². The van der Waals surface area contributed by atoms with Crippen LogP contribution in [0.25, 0.3) is 5.69 Å². The molecule has 2 aliphatic heterocycles. The van der Waals surface area contributed by atoms with Crippen molar-refractivity contribution in [3.05, 3.63) is 81.6 Å². The predicted molar refractivity (Wildman–Crippen MR) is 160 cm³/mol. The summed E-state index contributed by atoms with van der Waals surface area (Å²) in [6, 6.07) is 14.8. The third kappa shape index (κ3) is 6.28. The van der Waals surface area contributed by atoms with E-state index in [0.29, 0.717) is 61.1 Å². The third-order valence-electron chi connectivity index (χ3n) is 8.47. The second-order valence-electron chi connectivity index (χ2n) is 11.1. The number of hydrogen-bond donors (Lipinski definition) is 0. The summed E-state index contributed by atoms with van der Waals surface area (Å²) >= 11 is 12.6. The van der Waals surface area contributed by atoms with Crippen molar-refractivity contribution in [2.75, 3.05) is 33.2 Å². The van der Waals surface area contributed by atoms with Gasteiger partial charge in [-0.3, -0.25) is 14.4 Å². The van der Waals surface area contributed by atoms with Crippen molar-refractivity contribution < 1.29 is 14.4 Å². The Morgan fingerprint density at radius 1 is 0.902 bits per heavy atom. The molecule has 41 heavy (non-hydrogen) atoms. The Kier molecular flexibility index (Phi) is 8.71. The molecule has 2 atom stereocenters. The normalized spacial score (nSPS) is 19.7. The average Bonchev–Trinajstić information content (AvgIpc) is 3.43. The van der Waals surface area contributed by atoms with Gasteiger partial charge in [0.25, 0.3) is 5.91 Å². The van der Waals surface area contributed by atoms with Gasteiger partial charge in [-0.05, 0) is 74.2 Å². The summed E-state index contributed by atoms with van der Waals surface area (Å²) in [5, 5.41) is 5.35. The first-order valence-electron chi connectivity index (χ1n) is 14.0. The molecule has 8 nitrogen and oxygen atoms in total. The smallest absolute Gasteiger partial charge is 0.253 e. The fourth-order valence-corrected chi connectivity index (χ4v) is 6.35. The molecule has 216 valence electrons. The minimum absolute atomic E-state index is 0.0511. The Labute approximate surface area is 250 Å². The molecular weight excluding hydrogens is 561 g/mol. The SMILES string of the molecule is CC(=O)N1CCC(C(=O)N2CCC(N(C)C(=O)c3ccc(-n4ccc(C)n4)cc3)C(c3ccc(Cl)c(Cl)c3)C2)CC1. The molecule has 10 heteroatoms. The van der Waals surface area contributed by atoms with Crippen LogP contribution in [0.1, 0.15) is 53.7 Å². The molecule has 2 aliphatic rings. The number of aryl methyl sites for hydroxylation is 1. The van der Waals surface area contributed by atoms with Crippen LogP contribution < -0.4 is 0 Å². The molecule has 2 fully saturated rings. The number of halogens is 2. The monoisotopic (exact) mass is 595 g/mol. The van der Waals surface area contributed by atoms with Crippen molar-refractivity contribution in [2.24, 2.45) is 5.92 Å². The largest absolute Gasteiger partial charge is 0.343 e. The highest BCUT2D eigenvalue weighted by atomic mass is 35.5.